The fourth-order valence-corrected chi connectivity index (χ4v) is 10.9. The Bertz CT molecular complexity index is 2870. The second-order valence-electron chi connectivity index (χ2n) is 22.2. The number of pyridine rings is 1. The van der Waals surface area contributed by atoms with E-state index in [1.807, 2.05) is 64.1 Å². The first-order chi connectivity index (χ1) is 37.9. The van der Waals surface area contributed by atoms with E-state index in [9.17, 15) is 28.4 Å². The first kappa shape index (κ1) is 58.2. The highest BCUT2D eigenvalue weighted by Crippen LogP contribution is 2.45. The molecule has 424 valence electrons. The van der Waals surface area contributed by atoms with Crippen molar-refractivity contribution in [2.75, 3.05) is 77.3 Å². The number of nitrogens with zero attached hydrogens (tertiary/aromatic N) is 8. The third kappa shape index (κ3) is 13.7. The van der Waals surface area contributed by atoms with Crippen LogP contribution in [0.5, 0.6) is 0 Å². The summed E-state index contributed by atoms with van der Waals surface area (Å²) in [5.41, 5.74) is 10.3. The van der Waals surface area contributed by atoms with Crippen LogP contribution in [0.15, 0.2) is 60.8 Å². The van der Waals surface area contributed by atoms with E-state index in [0.717, 1.165) is 24.8 Å². The lowest BCUT2D eigenvalue weighted by Gasteiger charge is -2.36. The number of benzene rings is 2. The van der Waals surface area contributed by atoms with Crippen molar-refractivity contribution < 1.29 is 37.8 Å². The lowest BCUT2D eigenvalue weighted by molar-refractivity contribution is -0.144. The van der Waals surface area contributed by atoms with Crippen LogP contribution in [0.3, 0.4) is 0 Å². The highest BCUT2D eigenvalue weighted by Gasteiger charge is 2.46. The first-order valence-corrected chi connectivity index (χ1v) is 27.8. The number of likely N-dealkylation sites (N-methyl/N-ethyl adjacent to an activating group) is 2. The quantitative estimate of drug-likeness (QED) is 0.0483. The second kappa shape index (κ2) is 25.9. The zero-order valence-corrected chi connectivity index (χ0v) is 46.7. The number of carbonyl (C=O) groups is 5. The van der Waals surface area contributed by atoms with Gasteiger partial charge in [0.1, 0.15) is 36.0 Å². The van der Waals surface area contributed by atoms with Gasteiger partial charge in [-0.1, -0.05) is 64.6 Å². The van der Waals surface area contributed by atoms with E-state index < -0.39 is 29.4 Å². The second-order valence-corrected chi connectivity index (χ2v) is 22.2. The summed E-state index contributed by atoms with van der Waals surface area (Å²) in [6.07, 6.45) is 5.95. The fraction of sp³-hybridized carbons (Fsp3) is 0.552. The molecule has 6 atom stereocenters. The Balaban J connectivity index is 0.830. The smallest absolute Gasteiger partial charge is 0.260 e. The lowest BCUT2D eigenvalue weighted by Crippen LogP contribution is -2.59. The number of likely N-dealkylation sites (tertiary alicyclic amines) is 1. The third-order valence-electron chi connectivity index (χ3n) is 15.6. The van der Waals surface area contributed by atoms with Crippen molar-refractivity contribution >= 4 is 46.9 Å². The van der Waals surface area contributed by atoms with E-state index in [4.69, 9.17) is 26.9 Å². The molecule has 6 N–H and O–H groups in total. The van der Waals surface area contributed by atoms with Gasteiger partial charge in [0.25, 0.3) is 11.7 Å². The van der Waals surface area contributed by atoms with Crippen LogP contribution in [0.4, 0.5) is 21.7 Å². The molecule has 2 bridgehead atoms. The molecule has 21 heteroatoms. The summed E-state index contributed by atoms with van der Waals surface area (Å²) >= 11 is 0. The molecule has 0 radical (unpaired) electrons. The number of nitrogen functional groups attached to an aromatic ring is 1. The normalized spacial score (nSPS) is 19.3. The van der Waals surface area contributed by atoms with E-state index in [0.29, 0.717) is 78.4 Å². The number of nitrogens with one attached hydrogen (secondary N) is 4. The molecule has 1 saturated carbocycles. The average Bonchev–Trinajstić information content (AvgIpc) is 4.11. The van der Waals surface area contributed by atoms with Gasteiger partial charge in [0, 0.05) is 56.1 Å². The molecule has 5 amide bonds. The maximum absolute atomic E-state index is 14.9. The van der Waals surface area contributed by atoms with Gasteiger partial charge in [0.05, 0.1) is 69.8 Å². The average molecular weight is 1090 g/mol. The molecule has 0 spiro atoms. The van der Waals surface area contributed by atoms with Crippen LogP contribution in [0.2, 0.25) is 0 Å². The van der Waals surface area contributed by atoms with Crippen molar-refractivity contribution in [2.24, 2.45) is 5.41 Å². The van der Waals surface area contributed by atoms with E-state index in [1.165, 1.54) is 12.1 Å². The Hall–Kier alpha value is -6.99. The Morgan fingerprint density at radius 2 is 1.75 bits per heavy atom. The fourth-order valence-electron chi connectivity index (χ4n) is 10.9. The number of halogens is 1. The Kier molecular flexibility index (Phi) is 19.0. The molecule has 8 rings (SSSR count). The molecule has 3 fully saturated rings. The summed E-state index contributed by atoms with van der Waals surface area (Å²) < 4.78 is 28.2. The molecule has 4 aliphatic rings. The number of anilines is 2. The minimum Gasteiger partial charge on any atom is -0.382 e. The summed E-state index contributed by atoms with van der Waals surface area (Å²) in [7, 11) is 3.38. The molecule has 79 heavy (non-hydrogen) atoms. The minimum absolute atomic E-state index is 0.0238. The van der Waals surface area contributed by atoms with Crippen LogP contribution >= 0.6 is 0 Å². The molecular formula is C58H78FN13O7. The van der Waals surface area contributed by atoms with E-state index in [-0.39, 0.29) is 112 Å². The monoisotopic (exact) mass is 1090 g/mol. The van der Waals surface area contributed by atoms with Gasteiger partial charge < -0.3 is 60.9 Å². The van der Waals surface area contributed by atoms with E-state index in [2.05, 4.69) is 36.0 Å². The van der Waals surface area contributed by atoms with Gasteiger partial charge in [-0.2, -0.15) is 4.68 Å². The Labute approximate surface area is 463 Å². The van der Waals surface area contributed by atoms with E-state index in [1.54, 1.807) is 52.7 Å². The molecule has 1 aliphatic carbocycles. The van der Waals surface area contributed by atoms with Crippen LogP contribution in [0, 0.1) is 17.8 Å². The number of ether oxygens (including phenoxy) is 2. The standard InChI is InChI=1S/C58H78FN13O7/c1-9-44(37-14-11-10-12-15-37)65-55(75)48-32-40(34-71(48)57(77)51(58(3,4)5)66-54(74)36(2)61-6)63-22-27-79-29-28-78-26-21-49(73)68(8)24-25-72-53(62-7)50-38-30-47(52(60)64-33-38)69-23-13-16-46(69)43-31-39(59)17-20-42(43)56(76)70(41-18-19-41)35-45(50)67-72/h10-12,14-15,17,20,30-31,33,36,40-41,44,46,48,51,61,63H,9,13,16,18-19,21-29,32,34-35H2,1-6,8H3,(H2,60,64)(H,65,75)(H,66,74)/t36-,40-,44+,46-,48-,51+/m1/s1. The predicted molar refractivity (Wildman–Crippen MR) is 298 cm³/mol. The van der Waals surface area contributed by atoms with Crippen LogP contribution in [0.1, 0.15) is 119 Å². The zero-order valence-electron chi connectivity index (χ0n) is 46.7. The summed E-state index contributed by atoms with van der Waals surface area (Å²) in [5.74, 6) is -1.11. The van der Waals surface area contributed by atoms with Gasteiger partial charge in [-0.05, 0) is 98.9 Å². The Morgan fingerprint density at radius 1 is 1.00 bits per heavy atom. The van der Waals surface area contributed by atoms with Gasteiger partial charge in [0.2, 0.25) is 23.6 Å². The van der Waals surface area contributed by atoms with Crippen molar-refractivity contribution in [1.82, 2.24) is 50.7 Å². The van der Waals surface area contributed by atoms with E-state index >= 15 is 0 Å². The molecule has 2 aromatic carbocycles. The van der Waals surface area contributed by atoms with Crippen LogP contribution < -0.4 is 31.9 Å². The van der Waals surface area contributed by atoms with Crippen molar-refractivity contribution in [1.29, 1.82) is 0 Å². The van der Waals surface area contributed by atoms with Crippen LogP contribution in [-0.4, -0.2) is 156 Å². The number of hydrogen-bond acceptors (Lipinski definition) is 13. The molecule has 2 saturated heterocycles. The summed E-state index contributed by atoms with van der Waals surface area (Å²) in [6.45, 7) is 20.7. The molecule has 4 aromatic rings. The first-order valence-electron chi connectivity index (χ1n) is 27.8. The highest BCUT2D eigenvalue weighted by atomic mass is 19.1. The summed E-state index contributed by atoms with van der Waals surface area (Å²) in [5, 5.41) is 17.5. The van der Waals surface area contributed by atoms with Crippen molar-refractivity contribution in [3.63, 3.8) is 0 Å². The number of nitrogens with two attached hydrogens (primary N) is 1. The molecule has 0 unspecified atom stereocenters. The van der Waals surface area contributed by atoms with Crippen LogP contribution in [0.25, 0.3) is 16.0 Å². The van der Waals surface area contributed by atoms with Crippen molar-refractivity contribution in [3.05, 3.63) is 100 Å². The molecular weight excluding hydrogens is 1010 g/mol. The maximum atomic E-state index is 14.9. The number of carbonyl (C=O) groups excluding carboxylic acids is 5. The minimum atomic E-state index is -0.873. The number of amides is 5. The number of aromatic nitrogens is 3. The van der Waals surface area contributed by atoms with Crippen molar-refractivity contribution in [3.8, 4) is 11.1 Å². The van der Waals surface area contributed by atoms with Gasteiger partial charge in [-0.15, -0.1) is 5.10 Å². The lowest BCUT2D eigenvalue weighted by atomic mass is 9.85. The van der Waals surface area contributed by atoms with Gasteiger partial charge in [0.15, 0.2) is 0 Å². The summed E-state index contributed by atoms with van der Waals surface area (Å²) in [6, 6.07) is 13.1. The molecule has 5 heterocycles. The molecule has 20 nitrogen and oxygen atoms in total. The molecule has 2 aromatic heterocycles. The number of rotatable bonds is 22. The Morgan fingerprint density at radius 3 is 2.44 bits per heavy atom. The predicted octanol–water partition coefficient (Wildman–Crippen LogP) is 5.52. The van der Waals surface area contributed by atoms with Gasteiger partial charge >= 0.3 is 0 Å². The number of fused-ring (bicyclic) bond motifs is 8. The summed E-state index contributed by atoms with van der Waals surface area (Å²) in [4.78, 5) is 85.1. The number of hydrogen-bond donors (Lipinski definition) is 5. The third-order valence-corrected chi connectivity index (χ3v) is 15.6. The maximum Gasteiger partial charge on any atom is 0.260 e. The topological polar surface area (TPSA) is 226 Å². The SMILES string of the molecule is [C-]#[N+]c1c2c(nn1CCN(C)C(=O)CCOCCOCCN[C@@H]1C[C@H](C(=O)N[C@@H](CC)c3ccccc3)N(C(=O)[C@H](NC(=O)[C@@H](C)NC)C(C)(C)C)C1)CN(C1CC1)C(=O)c1ccc(F)cc1[C@H]1CCCN1c1cc-2cnc1N. The van der Waals surface area contributed by atoms with Gasteiger partial charge in [-0.25, -0.2) is 9.37 Å². The highest BCUT2D eigenvalue weighted by molar-refractivity contribution is 5.97. The largest absolute Gasteiger partial charge is 0.382 e. The van der Waals surface area contributed by atoms with Crippen molar-refractivity contribution in [2.45, 2.75) is 135 Å². The zero-order chi connectivity index (χ0) is 56.5. The molecule has 3 aliphatic heterocycles. The van der Waals surface area contributed by atoms with Gasteiger partial charge in [-0.3, -0.25) is 24.0 Å². The van der Waals surface area contributed by atoms with Crippen LogP contribution in [-0.2, 0) is 41.7 Å².